The Bertz CT molecular complexity index is 320. The third kappa shape index (κ3) is 8.74. The van der Waals surface area contributed by atoms with Crippen molar-refractivity contribution in [2.45, 2.75) is 11.4 Å². The van der Waals surface area contributed by atoms with Gasteiger partial charge in [-0.15, -0.1) is 0 Å². The Kier molecular flexibility index (Phi) is 6.68. The molecule has 16 heavy (non-hydrogen) atoms. The zero-order valence-corrected chi connectivity index (χ0v) is 11.8. The average Bonchev–Trinajstić information content (AvgIpc) is 2.09. The molecular formula is C9H17NO5Sn. The fourth-order valence-corrected chi connectivity index (χ4v) is 0.891. The van der Waals surface area contributed by atoms with Crippen LogP contribution < -0.4 is 5.73 Å². The number of hydrogen-bond acceptors (Lipinski definition) is 6. The second-order valence-corrected chi connectivity index (χ2v) is 8.87. The summed E-state index contributed by atoms with van der Waals surface area (Å²) in [7, 11) is 0. The van der Waals surface area contributed by atoms with Gasteiger partial charge in [-0.25, -0.2) is 0 Å². The first-order chi connectivity index (χ1) is 7.24. The molecule has 92 valence electrons. The van der Waals surface area contributed by atoms with Gasteiger partial charge in [-0.3, -0.25) is 0 Å². The predicted octanol–water partition coefficient (Wildman–Crippen LogP) is -0.869. The average molecular weight is 338 g/mol. The van der Waals surface area contributed by atoms with Crippen LogP contribution in [0.2, 0.25) is 4.94 Å². The minimum absolute atomic E-state index is 0.0871. The topological polar surface area (TPSA) is 127 Å². The van der Waals surface area contributed by atoms with Crippen LogP contribution in [0.5, 0.6) is 11.5 Å². The number of benzene rings is 1. The van der Waals surface area contributed by atoms with Crippen LogP contribution in [0.25, 0.3) is 0 Å². The number of aromatic hydroxyl groups is 2. The van der Waals surface area contributed by atoms with Crippen molar-refractivity contribution in [1.82, 2.24) is 0 Å². The second-order valence-electron chi connectivity index (χ2n) is 3.33. The van der Waals surface area contributed by atoms with E-state index in [2.05, 4.69) is 0 Å². The number of rotatable bonds is 2. The van der Waals surface area contributed by atoms with Crippen LogP contribution in [0, 0.1) is 0 Å². The van der Waals surface area contributed by atoms with E-state index in [1.54, 1.807) is 6.07 Å². The number of nitrogens with two attached hydrogens (primary N) is 1. The summed E-state index contributed by atoms with van der Waals surface area (Å²) in [5.74, 6) is -0.179. The van der Waals surface area contributed by atoms with Crippen LogP contribution >= 0.6 is 0 Å². The summed E-state index contributed by atoms with van der Waals surface area (Å²) in [6, 6.07) is 4.71. The Morgan fingerprint density at radius 3 is 2.00 bits per heavy atom. The maximum absolute atomic E-state index is 9.04. The summed E-state index contributed by atoms with van der Waals surface area (Å²) in [5, 5.41) is 18.0. The molecule has 0 fully saturated rings. The van der Waals surface area contributed by atoms with E-state index in [1.165, 1.54) is 12.1 Å². The van der Waals surface area contributed by atoms with Crippen molar-refractivity contribution < 1.29 is 20.5 Å². The van der Waals surface area contributed by atoms with E-state index < -0.39 is 19.6 Å². The predicted molar refractivity (Wildman–Crippen MR) is 60.8 cm³/mol. The van der Waals surface area contributed by atoms with Crippen LogP contribution in [-0.4, -0.2) is 46.7 Å². The molecule has 0 bridgehead atoms. The molecule has 0 heterocycles. The van der Waals surface area contributed by atoms with Gasteiger partial charge in [0.2, 0.25) is 0 Å². The van der Waals surface area contributed by atoms with E-state index in [9.17, 15) is 0 Å². The molecule has 0 saturated heterocycles. The van der Waals surface area contributed by atoms with Crippen LogP contribution in [0.4, 0.5) is 0 Å². The first-order valence-corrected chi connectivity index (χ1v) is 11.3. The summed E-state index contributed by atoms with van der Waals surface area (Å²) in [4.78, 5) is 1.06. The van der Waals surface area contributed by atoms with Crippen LogP contribution in [0.3, 0.4) is 0 Å². The van der Waals surface area contributed by atoms with Gasteiger partial charge in [-0.1, -0.05) is 6.07 Å². The molecule has 0 spiro atoms. The van der Waals surface area contributed by atoms with E-state index in [0.717, 1.165) is 10.5 Å². The van der Waals surface area contributed by atoms with Gasteiger partial charge >= 0.3 is 34.9 Å². The third-order valence-corrected chi connectivity index (χ3v) is 1.47. The first-order valence-electron chi connectivity index (χ1n) is 4.62. The first kappa shape index (κ1) is 15.5. The van der Waals surface area contributed by atoms with Gasteiger partial charge in [0, 0.05) is 0 Å². The minimum atomic E-state index is -4.18. The summed E-state index contributed by atoms with van der Waals surface area (Å²) in [6.45, 7) is 0.546. The third-order valence-electron chi connectivity index (χ3n) is 1.47. The van der Waals surface area contributed by atoms with E-state index in [4.69, 9.17) is 26.3 Å². The van der Waals surface area contributed by atoms with E-state index >= 15 is 0 Å². The summed E-state index contributed by atoms with van der Waals surface area (Å²) in [6.07, 6.45) is 0.716. The molecule has 0 aliphatic rings. The van der Waals surface area contributed by atoms with Gasteiger partial charge in [0.25, 0.3) is 0 Å². The normalized spacial score (nSPS) is 10.6. The molecule has 1 aromatic rings. The molecule has 0 aliphatic carbocycles. The van der Waals surface area contributed by atoms with Crippen molar-refractivity contribution in [3.05, 3.63) is 23.8 Å². The van der Waals surface area contributed by atoms with E-state index in [1.807, 2.05) is 0 Å². The van der Waals surface area contributed by atoms with Gasteiger partial charge in [-0.05, 0) is 30.7 Å². The Labute approximate surface area is 99.1 Å². The standard InChI is InChI=1S/C8H11NO2.CH3.3H2O.Sn/c9-4-3-6-1-2-7(10)8(11)5-6;;;;;/h1-2,5,10-11H,3-4,9H2;1H3;3*1H2;/q;;;;;+3/p-3. The zero-order chi connectivity index (χ0) is 12.8. The molecule has 0 radical (unpaired) electrons. The van der Waals surface area contributed by atoms with Crippen molar-refractivity contribution >= 4 is 19.6 Å². The van der Waals surface area contributed by atoms with E-state index in [0.29, 0.717) is 13.0 Å². The Morgan fingerprint density at radius 2 is 1.62 bits per heavy atom. The second kappa shape index (κ2) is 6.92. The van der Waals surface area contributed by atoms with Crippen molar-refractivity contribution in [1.29, 1.82) is 0 Å². The Hall–Kier alpha value is -0.541. The maximum atomic E-state index is 9.04. The molecule has 7 N–H and O–H groups in total. The summed E-state index contributed by atoms with van der Waals surface area (Å²) >= 11 is -4.18. The van der Waals surface area contributed by atoms with Gasteiger partial charge in [0.1, 0.15) is 0 Å². The Balaban J connectivity index is 0.000000385. The molecule has 0 saturated carbocycles. The molecule has 1 aromatic carbocycles. The van der Waals surface area contributed by atoms with Gasteiger partial charge in [-0.2, -0.15) is 0 Å². The Morgan fingerprint density at radius 1 is 1.12 bits per heavy atom. The monoisotopic (exact) mass is 339 g/mol. The van der Waals surface area contributed by atoms with Crippen molar-refractivity contribution in [3.63, 3.8) is 0 Å². The quantitative estimate of drug-likeness (QED) is 0.308. The fraction of sp³-hybridized carbons (Fsp3) is 0.333. The number of hydrogen-bond donors (Lipinski definition) is 6. The van der Waals surface area contributed by atoms with Crippen molar-refractivity contribution in [2.24, 2.45) is 5.73 Å². The van der Waals surface area contributed by atoms with Gasteiger partial charge in [0.15, 0.2) is 11.5 Å². The molecule has 0 amide bonds. The van der Waals surface area contributed by atoms with Crippen LogP contribution in [0.1, 0.15) is 5.56 Å². The summed E-state index contributed by atoms with van der Waals surface area (Å²) in [5.41, 5.74) is 6.24. The molecule has 0 aliphatic heterocycles. The molecule has 6 nitrogen and oxygen atoms in total. The van der Waals surface area contributed by atoms with Gasteiger partial charge in [0.05, 0.1) is 0 Å². The molecule has 0 unspecified atom stereocenters. The van der Waals surface area contributed by atoms with Crippen LogP contribution in [0.15, 0.2) is 18.2 Å². The van der Waals surface area contributed by atoms with Crippen molar-refractivity contribution in [3.8, 4) is 11.5 Å². The van der Waals surface area contributed by atoms with E-state index in [-0.39, 0.29) is 11.5 Å². The number of phenols is 2. The molecular weight excluding hydrogens is 321 g/mol. The SMILES string of the molecule is NCCc1ccc(O)c(O)c1.[CH3][Sn]([OH])([OH])[OH]. The molecule has 0 atom stereocenters. The van der Waals surface area contributed by atoms with Crippen molar-refractivity contribution in [2.75, 3.05) is 6.54 Å². The molecule has 0 aromatic heterocycles. The fourth-order valence-electron chi connectivity index (χ4n) is 0.891. The molecule has 1 rings (SSSR count). The van der Waals surface area contributed by atoms with Gasteiger partial charge < -0.3 is 15.9 Å². The van der Waals surface area contributed by atoms with Crippen LogP contribution in [-0.2, 0) is 6.42 Å². The zero-order valence-electron chi connectivity index (χ0n) is 8.96. The number of phenolic OH excluding ortho intramolecular Hbond substituents is 2. The summed E-state index contributed by atoms with van der Waals surface area (Å²) < 4.78 is 23.5. The molecule has 7 heteroatoms.